The first kappa shape index (κ1) is 30.7. The minimum Gasteiger partial charge on any atom is -0.475 e. The summed E-state index contributed by atoms with van der Waals surface area (Å²) < 4.78 is 69.0. The molecular formula is C22H25F6N5O5. The van der Waals surface area contributed by atoms with E-state index in [1.165, 1.54) is 5.56 Å². The molecular weight excluding hydrogens is 528 g/mol. The Bertz CT molecular complexity index is 983. The standard InChI is InChI=1S/C18H23N5O.2C2HF3O2/c1-5-20-18(21-6-1)23-9-4-16(22-10-12-24-13-11-22)17(23)14-15-2-7-19-8-3-15;2*3-2(4,5)1(6)7/h1-3,5-8,16-17H,4,9-14H2;2*(H,6,7)/t16-,17+;;/m1../s1. The minimum atomic E-state index is -5.08. The number of hydrogen-bond acceptors (Lipinski definition) is 8. The Morgan fingerprint density at radius 3 is 1.87 bits per heavy atom. The molecule has 0 radical (unpaired) electrons. The molecule has 2 N–H and O–H groups in total. The summed E-state index contributed by atoms with van der Waals surface area (Å²) in [5.41, 5.74) is 1.32. The zero-order valence-corrected chi connectivity index (χ0v) is 19.8. The Morgan fingerprint density at radius 1 is 0.895 bits per heavy atom. The van der Waals surface area contributed by atoms with Crippen LogP contribution in [-0.4, -0.2) is 99.3 Å². The van der Waals surface area contributed by atoms with Gasteiger partial charge in [-0.05, 0) is 36.6 Å². The Kier molecular flexibility index (Phi) is 11.2. The number of carboxylic acid groups (broad SMARTS) is 2. The Balaban J connectivity index is 0.000000301. The molecule has 0 aromatic carbocycles. The fraction of sp³-hybridized carbons (Fsp3) is 0.500. The fourth-order valence-electron chi connectivity index (χ4n) is 3.87. The van der Waals surface area contributed by atoms with E-state index < -0.39 is 24.3 Å². The van der Waals surface area contributed by atoms with Crippen LogP contribution in [-0.2, 0) is 20.7 Å². The minimum absolute atomic E-state index is 0.382. The van der Waals surface area contributed by atoms with Gasteiger partial charge in [-0.25, -0.2) is 19.6 Å². The first-order chi connectivity index (χ1) is 17.8. The molecule has 0 aliphatic carbocycles. The summed E-state index contributed by atoms with van der Waals surface area (Å²) in [7, 11) is 0. The van der Waals surface area contributed by atoms with Crippen LogP contribution in [0.5, 0.6) is 0 Å². The number of ether oxygens (including phenoxy) is 1. The lowest BCUT2D eigenvalue weighted by atomic mass is 9.99. The highest BCUT2D eigenvalue weighted by Crippen LogP contribution is 2.29. The van der Waals surface area contributed by atoms with Crippen LogP contribution in [0.15, 0.2) is 43.0 Å². The van der Waals surface area contributed by atoms with Crippen LogP contribution in [0.3, 0.4) is 0 Å². The smallest absolute Gasteiger partial charge is 0.475 e. The molecule has 2 saturated heterocycles. The lowest BCUT2D eigenvalue weighted by Gasteiger charge is -2.37. The van der Waals surface area contributed by atoms with Gasteiger partial charge in [-0.15, -0.1) is 0 Å². The van der Waals surface area contributed by atoms with Gasteiger partial charge in [0.2, 0.25) is 5.95 Å². The number of rotatable bonds is 4. The van der Waals surface area contributed by atoms with E-state index in [9.17, 15) is 26.3 Å². The van der Waals surface area contributed by atoms with Crippen molar-refractivity contribution in [3.8, 4) is 0 Å². The van der Waals surface area contributed by atoms with Crippen LogP contribution < -0.4 is 4.90 Å². The zero-order chi connectivity index (χ0) is 28.3. The van der Waals surface area contributed by atoms with Crippen molar-refractivity contribution in [2.75, 3.05) is 37.7 Å². The molecule has 210 valence electrons. The molecule has 0 amide bonds. The van der Waals surface area contributed by atoms with Gasteiger partial charge in [0.05, 0.1) is 19.3 Å². The lowest BCUT2D eigenvalue weighted by Crippen LogP contribution is -2.50. The van der Waals surface area contributed by atoms with Crippen molar-refractivity contribution in [1.82, 2.24) is 19.9 Å². The third-order valence-electron chi connectivity index (χ3n) is 5.51. The Morgan fingerprint density at radius 2 is 1.39 bits per heavy atom. The van der Waals surface area contributed by atoms with Crippen LogP contribution in [0.25, 0.3) is 0 Å². The van der Waals surface area contributed by atoms with Crippen molar-refractivity contribution < 1.29 is 50.9 Å². The lowest BCUT2D eigenvalue weighted by molar-refractivity contribution is -0.193. The number of carboxylic acids is 2. The zero-order valence-electron chi connectivity index (χ0n) is 19.8. The molecule has 0 bridgehead atoms. The second kappa shape index (κ2) is 13.9. The number of morpholine rings is 1. The Hall–Kier alpha value is -3.53. The number of pyridine rings is 1. The monoisotopic (exact) mass is 553 g/mol. The molecule has 10 nitrogen and oxygen atoms in total. The van der Waals surface area contributed by atoms with E-state index in [4.69, 9.17) is 24.5 Å². The maximum absolute atomic E-state index is 10.6. The topological polar surface area (TPSA) is 129 Å². The first-order valence-corrected chi connectivity index (χ1v) is 11.1. The molecule has 2 aliphatic rings. The molecule has 0 unspecified atom stereocenters. The van der Waals surface area contributed by atoms with E-state index in [1.807, 2.05) is 30.9 Å². The quantitative estimate of drug-likeness (QED) is 0.546. The molecule has 38 heavy (non-hydrogen) atoms. The van der Waals surface area contributed by atoms with Crippen LogP contribution in [0.2, 0.25) is 0 Å². The summed E-state index contributed by atoms with van der Waals surface area (Å²) >= 11 is 0. The van der Waals surface area contributed by atoms with Gasteiger partial charge in [0.15, 0.2) is 0 Å². The van der Waals surface area contributed by atoms with Gasteiger partial charge in [0.25, 0.3) is 0 Å². The van der Waals surface area contributed by atoms with Gasteiger partial charge >= 0.3 is 24.3 Å². The van der Waals surface area contributed by atoms with Crippen LogP contribution in [0.4, 0.5) is 32.3 Å². The highest BCUT2D eigenvalue weighted by molar-refractivity contribution is 5.73. The average molecular weight is 553 g/mol. The number of aromatic nitrogens is 3. The van der Waals surface area contributed by atoms with Crippen molar-refractivity contribution in [3.63, 3.8) is 0 Å². The summed E-state index contributed by atoms with van der Waals surface area (Å²) in [5, 5.41) is 14.2. The normalized spacial score (nSPS) is 20.0. The molecule has 0 spiro atoms. The summed E-state index contributed by atoms with van der Waals surface area (Å²) in [4.78, 5) is 35.9. The van der Waals surface area contributed by atoms with Crippen molar-refractivity contribution in [3.05, 3.63) is 48.5 Å². The molecule has 16 heteroatoms. The molecule has 0 saturated carbocycles. The predicted octanol–water partition coefficient (Wildman–Crippen LogP) is 2.66. The van der Waals surface area contributed by atoms with Gasteiger partial charge < -0.3 is 19.8 Å². The molecule has 4 heterocycles. The largest absolute Gasteiger partial charge is 0.490 e. The Labute approximate surface area is 212 Å². The number of carbonyl (C=O) groups is 2. The van der Waals surface area contributed by atoms with Crippen LogP contribution in [0, 0.1) is 0 Å². The number of anilines is 1. The molecule has 2 aromatic heterocycles. The first-order valence-electron chi connectivity index (χ1n) is 11.1. The van der Waals surface area contributed by atoms with Crippen LogP contribution >= 0.6 is 0 Å². The SMILES string of the molecule is O=C(O)C(F)(F)F.O=C(O)C(F)(F)F.c1cnc(N2CC[C@@H](N3CCOCC3)[C@@H]2Cc2ccncc2)nc1. The molecule has 2 fully saturated rings. The number of hydrogen-bond donors (Lipinski definition) is 2. The van der Waals surface area contributed by atoms with E-state index in [0.29, 0.717) is 12.1 Å². The van der Waals surface area contributed by atoms with Crippen molar-refractivity contribution in [2.45, 2.75) is 37.3 Å². The highest BCUT2D eigenvalue weighted by Gasteiger charge is 2.40. The van der Waals surface area contributed by atoms with E-state index in [-0.39, 0.29) is 0 Å². The summed E-state index contributed by atoms with van der Waals surface area (Å²) in [6.45, 7) is 4.70. The van der Waals surface area contributed by atoms with Gasteiger partial charge in [-0.2, -0.15) is 26.3 Å². The second-order valence-corrected chi connectivity index (χ2v) is 7.98. The van der Waals surface area contributed by atoms with Gasteiger partial charge in [0.1, 0.15) is 0 Å². The van der Waals surface area contributed by atoms with E-state index >= 15 is 0 Å². The molecule has 4 rings (SSSR count). The summed E-state index contributed by atoms with van der Waals surface area (Å²) in [5.74, 6) is -4.67. The number of nitrogens with zero attached hydrogens (tertiary/aromatic N) is 5. The molecule has 2 aromatic rings. The van der Waals surface area contributed by atoms with Crippen LogP contribution in [0.1, 0.15) is 12.0 Å². The maximum atomic E-state index is 10.6. The van der Waals surface area contributed by atoms with E-state index in [2.05, 4.69) is 36.9 Å². The molecule has 2 aliphatic heterocycles. The number of alkyl halides is 6. The van der Waals surface area contributed by atoms with Gasteiger partial charge in [0, 0.05) is 50.5 Å². The van der Waals surface area contributed by atoms with E-state index in [0.717, 1.165) is 51.6 Å². The average Bonchev–Trinajstić information content (AvgIpc) is 3.29. The van der Waals surface area contributed by atoms with E-state index in [1.54, 1.807) is 0 Å². The summed E-state index contributed by atoms with van der Waals surface area (Å²) in [6, 6.07) is 6.99. The summed E-state index contributed by atoms with van der Waals surface area (Å²) in [6.07, 6.45) is -0.632. The number of halogens is 6. The van der Waals surface area contributed by atoms with Gasteiger partial charge in [-0.1, -0.05) is 0 Å². The van der Waals surface area contributed by atoms with Crippen molar-refractivity contribution >= 4 is 17.9 Å². The number of aliphatic carboxylic acids is 2. The predicted molar refractivity (Wildman–Crippen MR) is 119 cm³/mol. The third kappa shape index (κ3) is 9.74. The molecule has 2 atom stereocenters. The van der Waals surface area contributed by atoms with Crippen molar-refractivity contribution in [2.24, 2.45) is 0 Å². The maximum Gasteiger partial charge on any atom is 0.490 e. The highest BCUT2D eigenvalue weighted by atomic mass is 19.4. The van der Waals surface area contributed by atoms with Gasteiger partial charge in [-0.3, -0.25) is 9.88 Å². The fourth-order valence-corrected chi connectivity index (χ4v) is 3.87. The third-order valence-corrected chi connectivity index (χ3v) is 5.51. The second-order valence-electron chi connectivity index (χ2n) is 7.98. The van der Waals surface area contributed by atoms with Crippen molar-refractivity contribution in [1.29, 1.82) is 0 Å².